The van der Waals surface area contributed by atoms with Crippen LogP contribution in [-0.4, -0.2) is 26.2 Å². The number of halogens is 3. The summed E-state index contributed by atoms with van der Waals surface area (Å²) < 4.78 is 55.2. The third-order valence-electron chi connectivity index (χ3n) is 3.32. The average Bonchev–Trinajstić information content (AvgIpc) is 2.86. The van der Waals surface area contributed by atoms with E-state index in [0.717, 1.165) is 11.3 Å². The maximum absolute atomic E-state index is 12.3. The molecule has 1 aromatic carbocycles. The number of hydrogen-bond acceptors (Lipinski definition) is 5. The van der Waals surface area contributed by atoms with Gasteiger partial charge in [-0.15, -0.1) is 13.2 Å². The predicted molar refractivity (Wildman–Crippen MR) is 87.9 cm³/mol. The summed E-state index contributed by atoms with van der Waals surface area (Å²) in [6, 6.07) is 7.25. The van der Waals surface area contributed by atoms with Gasteiger partial charge in [0.1, 0.15) is 11.5 Å². The number of aromatic nitrogens is 2. The fourth-order valence-corrected chi connectivity index (χ4v) is 4.24. The van der Waals surface area contributed by atoms with Crippen LogP contribution in [0.3, 0.4) is 0 Å². The normalized spacial score (nSPS) is 13.1. The molecule has 2 aromatic heterocycles. The van der Waals surface area contributed by atoms with E-state index in [4.69, 9.17) is 5.41 Å². The Kier molecular flexibility index (Phi) is 5.02. The summed E-state index contributed by atoms with van der Waals surface area (Å²) in [5.41, 5.74) is 0.608. The zero-order valence-corrected chi connectivity index (χ0v) is 14.2. The number of ether oxygens (including phenoxy) is 1. The highest BCUT2D eigenvalue weighted by molar-refractivity contribution is 7.91. The molecule has 3 rings (SSSR count). The van der Waals surface area contributed by atoms with Crippen molar-refractivity contribution in [1.82, 2.24) is 9.55 Å². The van der Waals surface area contributed by atoms with Crippen LogP contribution in [0.15, 0.2) is 47.6 Å². The van der Waals surface area contributed by atoms with E-state index in [1.54, 1.807) is 29.1 Å². The van der Waals surface area contributed by atoms with Crippen molar-refractivity contribution in [3.8, 4) is 5.75 Å². The van der Waals surface area contributed by atoms with Crippen LogP contribution >= 0.6 is 11.3 Å². The van der Waals surface area contributed by atoms with Crippen LogP contribution in [0, 0.1) is 5.41 Å². The minimum absolute atomic E-state index is 0.172. The van der Waals surface area contributed by atoms with Gasteiger partial charge in [0, 0.05) is 24.5 Å². The quantitative estimate of drug-likeness (QED) is 0.683. The van der Waals surface area contributed by atoms with Gasteiger partial charge in [-0.3, -0.25) is 10.4 Å². The van der Waals surface area contributed by atoms with Gasteiger partial charge in [-0.1, -0.05) is 11.3 Å². The second kappa shape index (κ2) is 7.06. The predicted octanol–water partition coefficient (Wildman–Crippen LogP) is 3.28. The van der Waals surface area contributed by atoms with Crippen molar-refractivity contribution >= 4 is 32.7 Å². The van der Waals surface area contributed by atoms with Gasteiger partial charge in [0.05, 0.1) is 16.8 Å². The monoisotopic (exact) mass is 387 g/mol. The number of thiazole rings is 1. The summed E-state index contributed by atoms with van der Waals surface area (Å²) in [5.74, 6) is -0.0403. The molecular formula is C15H12F3N3O2S2. The molecule has 5 nitrogen and oxygen atoms in total. The third-order valence-corrected chi connectivity index (χ3v) is 5.63. The standard InChI is InChI=1S/C15H12F3N3O2S2/c16-15(17,18)23-10-1-2-12-13(9-10)24-14(19)21(12)7-8-25(22)11-3-5-20-6-4-11/h1-6,9,19H,7-8H2. The summed E-state index contributed by atoms with van der Waals surface area (Å²) in [4.78, 5) is 4.68. The van der Waals surface area contributed by atoms with Crippen molar-refractivity contribution in [2.75, 3.05) is 5.75 Å². The van der Waals surface area contributed by atoms with Crippen LogP contribution in [0.25, 0.3) is 10.2 Å². The van der Waals surface area contributed by atoms with Gasteiger partial charge in [0.25, 0.3) is 0 Å². The average molecular weight is 387 g/mol. The Balaban J connectivity index is 1.80. The van der Waals surface area contributed by atoms with Crippen molar-refractivity contribution in [2.45, 2.75) is 17.8 Å². The molecule has 0 aliphatic heterocycles. The van der Waals surface area contributed by atoms with E-state index in [1.807, 2.05) is 0 Å². The van der Waals surface area contributed by atoms with Gasteiger partial charge in [-0.25, -0.2) is 0 Å². The Morgan fingerprint density at radius 2 is 1.96 bits per heavy atom. The minimum Gasteiger partial charge on any atom is -0.611 e. The van der Waals surface area contributed by atoms with Crippen LogP contribution in [0.5, 0.6) is 5.75 Å². The van der Waals surface area contributed by atoms with E-state index >= 15 is 0 Å². The minimum atomic E-state index is -4.76. The second-order valence-electron chi connectivity index (χ2n) is 4.97. The van der Waals surface area contributed by atoms with Gasteiger partial charge >= 0.3 is 6.36 Å². The van der Waals surface area contributed by atoms with Crippen molar-refractivity contribution < 1.29 is 22.5 Å². The summed E-state index contributed by atoms with van der Waals surface area (Å²) in [6.07, 6.45) is -1.65. The number of rotatable bonds is 5. The summed E-state index contributed by atoms with van der Waals surface area (Å²) in [7, 11) is 0. The van der Waals surface area contributed by atoms with Crippen molar-refractivity contribution in [3.05, 3.63) is 47.5 Å². The lowest BCUT2D eigenvalue weighted by Crippen LogP contribution is -2.20. The zero-order chi connectivity index (χ0) is 18.0. The van der Waals surface area contributed by atoms with Crippen molar-refractivity contribution in [1.29, 1.82) is 5.41 Å². The number of nitrogens with one attached hydrogen (secondary N) is 1. The Morgan fingerprint density at radius 3 is 2.64 bits per heavy atom. The number of fused-ring (bicyclic) bond motifs is 1. The first-order valence-corrected chi connectivity index (χ1v) is 9.19. The lowest BCUT2D eigenvalue weighted by molar-refractivity contribution is -0.274. The SMILES string of the molecule is N=c1sc2cc(OC(F)(F)F)ccc2n1CC[S+]([O-])c1ccncc1. The molecule has 0 spiro atoms. The molecule has 1 N–H and O–H groups in total. The molecule has 132 valence electrons. The summed E-state index contributed by atoms with van der Waals surface area (Å²) in [5, 5.41) is 8.01. The Morgan fingerprint density at radius 1 is 1.24 bits per heavy atom. The molecule has 0 radical (unpaired) electrons. The molecule has 2 heterocycles. The summed E-state index contributed by atoms with van der Waals surface area (Å²) >= 11 is -0.210. The molecule has 10 heteroatoms. The van der Waals surface area contributed by atoms with Gasteiger partial charge in [-0.2, -0.15) is 0 Å². The molecule has 0 aliphatic carbocycles. The molecule has 0 saturated heterocycles. The van der Waals surface area contributed by atoms with Gasteiger partial charge in [0.15, 0.2) is 9.70 Å². The first-order valence-electron chi connectivity index (χ1n) is 7.05. The number of hydrogen-bond donors (Lipinski definition) is 1. The fourth-order valence-electron chi connectivity index (χ4n) is 2.27. The molecule has 3 aromatic rings. The number of pyridine rings is 1. The second-order valence-corrected chi connectivity index (χ2v) is 7.57. The lowest BCUT2D eigenvalue weighted by atomic mass is 10.3. The highest BCUT2D eigenvalue weighted by Crippen LogP contribution is 2.28. The number of nitrogens with zero attached hydrogens (tertiary/aromatic N) is 2. The topological polar surface area (TPSA) is 74.0 Å². The fraction of sp³-hybridized carbons (Fsp3) is 0.200. The summed E-state index contributed by atoms with van der Waals surface area (Å²) in [6.45, 7) is 0.313. The van der Waals surface area contributed by atoms with Crippen LogP contribution in [0.4, 0.5) is 13.2 Å². The molecule has 0 bridgehead atoms. The Hall–Kier alpha value is -2.04. The number of aryl methyl sites for hydroxylation is 1. The highest BCUT2D eigenvalue weighted by atomic mass is 32.2. The van der Waals surface area contributed by atoms with Crippen LogP contribution in [0.2, 0.25) is 0 Å². The molecule has 0 saturated carbocycles. The Labute approximate surface area is 147 Å². The van der Waals surface area contributed by atoms with Gasteiger partial charge in [-0.05, 0) is 29.4 Å². The van der Waals surface area contributed by atoms with E-state index in [2.05, 4.69) is 9.72 Å². The van der Waals surface area contributed by atoms with Crippen LogP contribution in [0.1, 0.15) is 0 Å². The zero-order valence-electron chi connectivity index (χ0n) is 12.6. The van der Waals surface area contributed by atoms with E-state index in [-0.39, 0.29) is 16.3 Å². The molecule has 0 aliphatic rings. The number of benzene rings is 1. The van der Waals surface area contributed by atoms with Crippen molar-refractivity contribution in [2.24, 2.45) is 0 Å². The van der Waals surface area contributed by atoms with E-state index in [9.17, 15) is 17.7 Å². The number of alkyl halides is 3. The molecular weight excluding hydrogens is 375 g/mol. The van der Waals surface area contributed by atoms with Gasteiger partial charge < -0.3 is 13.9 Å². The first kappa shape index (κ1) is 17.8. The maximum Gasteiger partial charge on any atom is 0.573 e. The molecule has 1 atom stereocenters. The molecule has 0 fully saturated rings. The van der Waals surface area contributed by atoms with E-state index < -0.39 is 17.5 Å². The molecule has 1 unspecified atom stereocenters. The highest BCUT2D eigenvalue weighted by Gasteiger charge is 2.31. The van der Waals surface area contributed by atoms with E-state index in [1.165, 1.54) is 18.2 Å². The Bertz CT molecular complexity index is 925. The van der Waals surface area contributed by atoms with Crippen LogP contribution in [-0.2, 0) is 17.7 Å². The lowest BCUT2D eigenvalue weighted by Gasteiger charge is -2.11. The third kappa shape index (κ3) is 4.33. The smallest absolute Gasteiger partial charge is 0.573 e. The van der Waals surface area contributed by atoms with Crippen molar-refractivity contribution in [3.63, 3.8) is 0 Å². The van der Waals surface area contributed by atoms with Crippen LogP contribution < -0.4 is 9.54 Å². The molecule has 0 amide bonds. The maximum atomic E-state index is 12.3. The van der Waals surface area contributed by atoms with E-state index in [0.29, 0.717) is 21.7 Å². The first-order chi connectivity index (χ1) is 11.8. The van der Waals surface area contributed by atoms with Gasteiger partial charge in [0.2, 0.25) is 0 Å². The molecule has 25 heavy (non-hydrogen) atoms. The largest absolute Gasteiger partial charge is 0.611 e.